The van der Waals surface area contributed by atoms with Crippen LogP contribution in [0, 0.1) is 0 Å². The van der Waals surface area contributed by atoms with Gasteiger partial charge in [-0.15, -0.1) is 0 Å². The Morgan fingerprint density at radius 2 is 1.94 bits per heavy atom. The van der Waals surface area contributed by atoms with Gasteiger partial charge in [-0.3, -0.25) is 9.80 Å². The molecule has 0 aromatic heterocycles. The summed E-state index contributed by atoms with van der Waals surface area (Å²) in [4.78, 5) is 4.98. The number of nitrogens with zero attached hydrogens (tertiary/aromatic N) is 2. The van der Waals surface area contributed by atoms with Crippen LogP contribution in [0.25, 0.3) is 0 Å². The van der Waals surface area contributed by atoms with Crippen molar-refractivity contribution in [3.05, 3.63) is 10.6 Å². The monoisotopic (exact) mass is 292 g/mol. The van der Waals surface area contributed by atoms with E-state index in [1.165, 1.54) is 31.3 Å². The van der Waals surface area contributed by atoms with Gasteiger partial charge in [0.1, 0.15) is 0 Å². The number of likely N-dealkylation sites (tertiary alicyclic amines) is 1. The molecule has 0 spiro atoms. The van der Waals surface area contributed by atoms with Gasteiger partial charge < -0.3 is 4.74 Å². The van der Waals surface area contributed by atoms with Gasteiger partial charge >= 0.3 is 0 Å². The lowest BCUT2D eigenvalue weighted by molar-refractivity contribution is 0.100. The fourth-order valence-electron chi connectivity index (χ4n) is 2.82. The Kier molecular flexibility index (Phi) is 6.25. The molecule has 0 amide bonds. The molecule has 2 saturated heterocycles. The van der Waals surface area contributed by atoms with Gasteiger partial charge in [-0.2, -0.15) is 0 Å². The van der Waals surface area contributed by atoms with E-state index in [1.807, 2.05) is 0 Å². The minimum absolute atomic E-state index is 0.724. The van der Waals surface area contributed by atoms with Gasteiger partial charge in [-0.1, -0.05) is 23.2 Å². The van der Waals surface area contributed by atoms with E-state index in [1.54, 1.807) is 0 Å². The highest BCUT2D eigenvalue weighted by Gasteiger charge is 2.25. The van der Waals surface area contributed by atoms with E-state index >= 15 is 0 Å². The van der Waals surface area contributed by atoms with Gasteiger partial charge in [-0.05, 0) is 19.3 Å². The van der Waals surface area contributed by atoms with Crippen molar-refractivity contribution < 1.29 is 4.74 Å². The van der Waals surface area contributed by atoms with Crippen LogP contribution in [0.2, 0.25) is 0 Å². The molecule has 0 atom stereocenters. The van der Waals surface area contributed by atoms with Crippen molar-refractivity contribution in [3.63, 3.8) is 0 Å². The van der Waals surface area contributed by atoms with Crippen molar-refractivity contribution in [3.8, 4) is 0 Å². The van der Waals surface area contributed by atoms with E-state index in [-0.39, 0.29) is 0 Å². The van der Waals surface area contributed by atoms with Crippen LogP contribution < -0.4 is 0 Å². The molecule has 0 aromatic rings. The fraction of sp³-hybridized carbons (Fsp3) is 0.846. The summed E-state index contributed by atoms with van der Waals surface area (Å²) < 4.78 is 5.51. The molecular weight excluding hydrogens is 271 g/mol. The molecule has 0 aliphatic carbocycles. The van der Waals surface area contributed by atoms with Gasteiger partial charge in [0.2, 0.25) is 0 Å². The molecule has 2 fully saturated rings. The number of piperidine rings is 1. The quantitative estimate of drug-likeness (QED) is 0.795. The number of hydrogen-bond donors (Lipinski definition) is 0. The van der Waals surface area contributed by atoms with Crippen molar-refractivity contribution in [2.75, 3.05) is 45.9 Å². The summed E-state index contributed by atoms with van der Waals surface area (Å²) >= 11 is 11.6. The van der Waals surface area contributed by atoms with Gasteiger partial charge in [0, 0.05) is 55.9 Å². The molecule has 2 aliphatic rings. The highest BCUT2D eigenvalue weighted by molar-refractivity contribution is 6.36. The van der Waals surface area contributed by atoms with Crippen LogP contribution in [0.5, 0.6) is 0 Å². The summed E-state index contributed by atoms with van der Waals surface area (Å²) in [6.07, 6.45) is 3.62. The summed E-state index contributed by atoms with van der Waals surface area (Å²) in [6.45, 7) is 7.11. The molecule has 0 aromatic carbocycles. The van der Waals surface area contributed by atoms with Gasteiger partial charge in [0.05, 0.1) is 6.61 Å². The number of rotatable bonds is 3. The Bertz CT molecular complexity index is 270. The molecule has 2 aliphatic heterocycles. The Labute approximate surface area is 120 Å². The summed E-state index contributed by atoms with van der Waals surface area (Å²) in [7, 11) is 0. The molecule has 3 nitrogen and oxygen atoms in total. The molecule has 5 heteroatoms. The SMILES string of the molecule is Cl/C=C(\Cl)CN1CCC(N2CCCOCC2)CC1. The minimum atomic E-state index is 0.724. The average Bonchev–Trinajstić information content (AvgIpc) is 2.68. The average molecular weight is 293 g/mol. The first-order chi connectivity index (χ1) is 8.79. The Morgan fingerprint density at radius 1 is 1.17 bits per heavy atom. The smallest absolute Gasteiger partial charge is 0.0593 e. The fourth-order valence-corrected chi connectivity index (χ4v) is 3.06. The topological polar surface area (TPSA) is 15.7 Å². The maximum Gasteiger partial charge on any atom is 0.0593 e. The maximum atomic E-state index is 5.97. The zero-order valence-electron chi connectivity index (χ0n) is 10.8. The molecule has 0 bridgehead atoms. The van der Waals surface area contributed by atoms with Crippen LogP contribution in [0.15, 0.2) is 10.6 Å². The third-order valence-corrected chi connectivity index (χ3v) is 4.43. The first kappa shape index (κ1) is 14.6. The lowest BCUT2D eigenvalue weighted by Gasteiger charge is -2.37. The number of ether oxygens (including phenoxy) is 1. The van der Waals surface area contributed by atoms with E-state index in [4.69, 9.17) is 27.9 Å². The third kappa shape index (κ3) is 4.39. The normalized spacial score (nSPS) is 26.2. The van der Waals surface area contributed by atoms with E-state index < -0.39 is 0 Å². The Hall–Kier alpha value is 0.200. The van der Waals surface area contributed by atoms with Crippen molar-refractivity contribution in [1.82, 2.24) is 9.80 Å². The zero-order chi connectivity index (χ0) is 12.8. The predicted octanol–water partition coefficient (Wildman–Crippen LogP) is 2.49. The van der Waals surface area contributed by atoms with E-state index in [9.17, 15) is 0 Å². The maximum absolute atomic E-state index is 5.97. The van der Waals surface area contributed by atoms with Gasteiger partial charge in [0.25, 0.3) is 0 Å². The first-order valence-corrected chi connectivity index (χ1v) is 7.60. The van der Waals surface area contributed by atoms with E-state index in [0.29, 0.717) is 0 Å². The summed E-state index contributed by atoms with van der Waals surface area (Å²) in [5.74, 6) is 0. The molecule has 104 valence electrons. The lowest BCUT2D eigenvalue weighted by Crippen LogP contribution is -2.46. The highest BCUT2D eigenvalue weighted by Crippen LogP contribution is 2.19. The predicted molar refractivity (Wildman–Crippen MR) is 76.3 cm³/mol. The molecule has 18 heavy (non-hydrogen) atoms. The third-order valence-electron chi connectivity index (χ3n) is 3.82. The minimum Gasteiger partial charge on any atom is -0.380 e. The van der Waals surface area contributed by atoms with Crippen LogP contribution in [0.3, 0.4) is 0 Å². The van der Waals surface area contributed by atoms with E-state index in [0.717, 1.165) is 50.5 Å². The van der Waals surface area contributed by atoms with Crippen molar-refractivity contribution >= 4 is 23.2 Å². The molecule has 0 N–H and O–H groups in total. The second-order valence-electron chi connectivity index (χ2n) is 5.07. The highest BCUT2D eigenvalue weighted by atomic mass is 35.5. The van der Waals surface area contributed by atoms with Gasteiger partial charge in [0.15, 0.2) is 0 Å². The van der Waals surface area contributed by atoms with Crippen LogP contribution in [0.4, 0.5) is 0 Å². The zero-order valence-corrected chi connectivity index (χ0v) is 12.3. The second kappa shape index (κ2) is 7.71. The molecule has 0 unspecified atom stereocenters. The number of hydrogen-bond acceptors (Lipinski definition) is 3. The van der Waals surface area contributed by atoms with Crippen LogP contribution in [-0.2, 0) is 4.74 Å². The second-order valence-corrected chi connectivity index (χ2v) is 5.77. The molecule has 0 radical (unpaired) electrons. The summed E-state index contributed by atoms with van der Waals surface area (Å²) in [6, 6.07) is 0.724. The molecule has 2 rings (SSSR count). The number of halogens is 2. The largest absolute Gasteiger partial charge is 0.380 e. The molecular formula is C13H22Cl2N2O. The Morgan fingerprint density at radius 3 is 2.67 bits per heavy atom. The van der Waals surface area contributed by atoms with E-state index in [2.05, 4.69) is 9.80 Å². The summed E-state index contributed by atoms with van der Waals surface area (Å²) in [5.41, 5.74) is 1.47. The van der Waals surface area contributed by atoms with Crippen molar-refractivity contribution in [1.29, 1.82) is 0 Å². The van der Waals surface area contributed by atoms with Crippen molar-refractivity contribution in [2.24, 2.45) is 0 Å². The van der Waals surface area contributed by atoms with Crippen LogP contribution in [0.1, 0.15) is 19.3 Å². The lowest BCUT2D eigenvalue weighted by atomic mass is 10.0. The Balaban J connectivity index is 1.75. The van der Waals surface area contributed by atoms with Crippen molar-refractivity contribution in [2.45, 2.75) is 25.3 Å². The van der Waals surface area contributed by atoms with Gasteiger partial charge in [-0.25, -0.2) is 0 Å². The first-order valence-electron chi connectivity index (χ1n) is 6.78. The van der Waals surface area contributed by atoms with Crippen LogP contribution >= 0.6 is 23.2 Å². The summed E-state index contributed by atoms with van der Waals surface area (Å²) in [5, 5.41) is 0.735. The van der Waals surface area contributed by atoms with Crippen LogP contribution in [-0.4, -0.2) is 61.8 Å². The molecule has 0 saturated carbocycles. The molecule has 2 heterocycles. The standard InChI is InChI=1S/C13H22Cl2N2O/c14-10-12(15)11-16-5-2-13(3-6-16)17-4-1-8-18-9-7-17/h10,13H,1-9,11H2/b12-10-.